The molecular weight excluding hydrogens is 399 g/mol. The fraction of sp³-hybridized carbons (Fsp3) is 0.348. The summed E-state index contributed by atoms with van der Waals surface area (Å²) in [7, 11) is 0. The molecule has 2 rings (SSSR count). The van der Waals surface area contributed by atoms with Crippen LogP contribution in [0.2, 0.25) is 5.71 Å². The summed E-state index contributed by atoms with van der Waals surface area (Å²) in [5, 5.41) is 10.4. The Morgan fingerprint density at radius 3 is 2.30 bits per heavy atom. The Bertz CT molecular complexity index is 828. The molecule has 0 atom stereocenters. The summed E-state index contributed by atoms with van der Waals surface area (Å²) in [5.41, 5.74) is 4.24. The molecule has 0 fully saturated rings. The van der Waals surface area contributed by atoms with E-state index in [9.17, 15) is 9.90 Å². The number of ether oxygens (including phenoxy) is 1. The molecule has 0 aromatic heterocycles. The maximum absolute atomic E-state index is 12.5. The van der Waals surface area contributed by atoms with E-state index in [-0.39, 0.29) is 38.8 Å². The molecule has 0 spiro atoms. The van der Waals surface area contributed by atoms with Crippen molar-refractivity contribution in [3.8, 4) is 11.5 Å². The van der Waals surface area contributed by atoms with E-state index in [4.69, 9.17) is 4.74 Å². The molecule has 0 amide bonds. The standard InChI is InChI=1S/C23H28AsO3/c1-15(2)27-22-14-21(26)19(23(3,4)5)13-17(22)9-12-20(25)16-7-10-18(24-6)11-8-16/h7-15,26H,1-6H3/b12-9+. The summed E-state index contributed by atoms with van der Waals surface area (Å²) >= 11 is 0.166. The minimum atomic E-state index is -0.217. The average Bonchev–Trinajstić information content (AvgIpc) is 2.59. The summed E-state index contributed by atoms with van der Waals surface area (Å²) in [6.45, 7) is 10.00. The first-order valence-corrected chi connectivity index (χ1v) is 11.9. The fourth-order valence-corrected chi connectivity index (χ4v) is 3.65. The fourth-order valence-electron chi connectivity index (χ4n) is 2.71. The van der Waals surface area contributed by atoms with Gasteiger partial charge in [0.1, 0.15) is 0 Å². The Hall–Kier alpha value is -1.99. The van der Waals surface area contributed by atoms with Gasteiger partial charge in [-0.15, -0.1) is 0 Å². The van der Waals surface area contributed by atoms with Crippen LogP contribution in [0.25, 0.3) is 6.08 Å². The minimum absolute atomic E-state index is 0.0304. The number of hydrogen-bond donors (Lipinski definition) is 1. The van der Waals surface area contributed by atoms with Crippen molar-refractivity contribution in [3.63, 3.8) is 0 Å². The molecule has 0 unspecified atom stereocenters. The Kier molecular flexibility index (Phi) is 6.94. The van der Waals surface area contributed by atoms with Crippen LogP contribution in [0.5, 0.6) is 11.5 Å². The number of phenols is 1. The average molecular weight is 427 g/mol. The molecular formula is C23H28AsO3. The van der Waals surface area contributed by atoms with E-state index in [0.717, 1.165) is 11.1 Å². The van der Waals surface area contributed by atoms with Crippen LogP contribution in [0.1, 0.15) is 56.1 Å². The van der Waals surface area contributed by atoms with Gasteiger partial charge in [-0.05, 0) is 0 Å². The quantitative estimate of drug-likeness (QED) is 0.411. The van der Waals surface area contributed by atoms with Crippen molar-refractivity contribution >= 4 is 32.0 Å². The van der Waals surface area contributed by atoms with Crippen molar-refractivity contribution in [2.75, 3.05) is 0 Å². The van der Waals surface area contributed by atoms with Gasteiger partial charge < -0.3 is 0 Å². The first-order chi connectivity index (χ1) is 12.6. The van der Waals surface area contributed by atoms with E-state index in [1.54, 1.807) is 18.2 Å². The van der Waals surface area contributed by atoms with Crippen LogP contribution < -0.4 is 9.09 Å². The van der Waals surface area contributed by atoms with Gasteiger partial charge in [0.2, 0.25) is 0 Å². The van der Waals surface area contributed by atoms with Crippen molar-refractivity contribution in [3.05, 3.63) is 59.2 Å². The van der Waals surface area contributed by atoms with E-state index in [1.165, 1.54) is 4.35 Å². The van der Waals surface area contributed by atoms with E-state index in [2.05, 4.69) is 5.71 Å². The van der Waals surface area contributed by atoms with Gasteiger partial charge in [-0.3, -0.25) is 0 Å². The van der Waals surface area contributed by atoms with E-state index in [1.807, 2.05) is 65.0 Å². The summed E-state index contributed by atoms with van der Waals surface area (Å²) in [6, 6.07) is 11.3. The number of ketones is 1. The zero-order chi connectivity index (χ0) is 20.2. The zero-order valence-electron chi connectivity index (χ0n) is 16.9. The monoisotopic (exact) mass is 427 g/mol. The van der Waals surface area contributed by atoms with Crippen LogP contribution >= 0.6 is 0 Å². The van der Waals surface area contributed by atoms with Crippen molar-refractivity contribution in [2.24, 2.45) is 0 Å². The molecule has 2 aromatic rings. The number of benzene rings is 2. The van der Waals surface area contributed by atoms with Gasteiger partial charge in [0.05, 0.1) is 0 Å². The molecule has 0 saturated carbocycles. The molecule has 0 aliphatic rings. The Balaban J connectivity index is 2.38. The van der Waals surface area contributed by atoms with Crippen molar-refractivity contribution in [2.45, 2.75) is 51.8 Å². The number of aromatic hydroxyl groups is 1. The molecule has 143 valence electrons. The second-order valence-corrected chi connectivity index (χ2v) is 9.81. The first-order valence-electron chi connectivity index (χ1n) is 9.08. The van der Waals surface area contributed by atoms with Gasteiger partial charge in [0.15, 0.2) is 0 Å². The van der Waals surface area contributed by atoms with Gasteiger partial charge in [0.25, 0.3) is 0 Å². The van der Waals surface area contributed by atoms with Gasteiger partial charge in [-0.25, -0.2) is 0 Å². The van der Waals surface area contributed by atoms with Crippen LogP contribution in [0.4, 0.5) is 0 Å². The van der Waals surface area contributed by atoms with Crippen LogP contribution in [0.3, 0.4) is 0 Å². The van der Waals surface area contributed by atoms with Crippen LogP contribution in [-0.2, 0) is 5.41 Å². The third-order valence-electron chi connectivity index (χ3n) is 4.12. The molecule has 0 bridgehead atoms. The second-order valence-electron chi connectivity index (χ2n) is 7.79. The predicted octanol–water partition coefficient (Wildman–Crippen LogP) is 4.75. The van der Waals surface area contributed by atoms with Gasteiger partial charge in [0, 0.05) is 0 Å². The van der Waals surface area contributed by atoms with Gasteiger partial charge in [-0.2, -0.15) is 0 Å². The molecule has 0 aliphatic carbocycles. The molecule has 1 N–H and O–H groups in total. The van der Waals surface area contributed by atoms with E-state index < -0.39 is 0 Å². The number of hydrogen-bond acceptors (Lipinski definition) is 3. The molecule has 4 heteroatoms. The molecule has 1 radical (unpaired) electrons. The van der Waals surface area contributed by atoms with E-state index in [0.29, 0.717) is 11.3 Å². The third kappa shape index (κ3) is 5.74. The Morgan fingerprint density at radius 1 is 1.15 bits per heavy atom. The molecule has 2 aromatic carbocycles. The molecule has 3 nitrogen and oxygen atoms in total. The Labute approximate surface area is 169 Å². The molecule has 0 heterocycles. The van der Waals surface area contributed by atoms with E-state index >= 15 is 0 Å². The zero-order valence-corrected chi connectivity index (χ0v) is 18.8. The number of carbonyl (C=O) groups excluding carboxylic acids is 1. The number of carbonyl (C=O) groups is 1. The van der Waals surface area contributed by atoms with Gasteiger partial charge in [-0.1, -0.05) is 0 Å². The van der Waals surface area contributed by atoms with Gasteiger partial charge >= 0.3 is 169 Å². The second kappa shape index (κ2) is 8.80. The SMILES string of the molecule is C[As]c1ccc(C(=O)/C=C/c2cc(C(C)(C)C)c(O)cc2OC(C)C)cc1. The first kappa shape index (κ1) is 21.3. The van der Waals surface area contributed by atoms with Crippen molar-refractivity contribution in [1.29, 1.82) is 0 Å². The third-order valence-corrected chi connectivity index (χ3v) is 5.83. The number of rotatable bonds is 6. The topological polar surface area (TPSA) is 46.5 Å². The van der Waals surface area contributed by atoms with Crippen LogP contribution in [0.15, 0.2) is 42.5 Å². The molecule has 0 aliphatic heterocycles. The normalized spacial score (nSPS) is 12.4. The number of allylic oxidation sites excluding steroid dienone is 1. The summed E-state index contributed by atoms with van der Waals surface area (Å²) in [6.07, 6.45) is 3.31. The van der Waals surface area contributed by atoms with Crippen LogP contribution in [-0.4, -0.2) is 32.7 Å². The predicted molar refractivity (Wildman–Crippen MR) is 114 cm³/mol. The van der Waals surface area contributed by atoms with Crippen LogP contribution in [0, 0.1) is 0 Å². The maximum atomic E-state index is 12.5. The summed E-state index contributed by atoms with van der Waals surface area (Å²) < 4.78 is 7.14. The van der Waals surface area contributed by atoms with Crippen molar-refractivity contribution in [1.82, 2.24) is 0 Å². The molecule has 0 saturated heterocycles. The Morgan fingerprint density at radius 2 is 1.78 bits per heavy atom. The number of phenolic OH excluding ortho intramolecular Hbond substituents is 1. The molecule has 27 heavy (non-hydrogen) atoms. The van der Waals surface area contributed by atoms with Crippen molar-refractivity contribution < 1.29 is 14.6 Å². The summed E-state index contributed by atoms with van der Waals surface area (Å²) in [4.78, 5) is 12.5. The summed E-state index contributed by atoms with van der Waals surface area (Å²) in [5.74, 6) is 0.735.